The molecule has 17 nitrogen and oxygen atoms in total. The number of aliphatic hydroxyl groups excluding tert-OH is 1. The predicted octanol–water partition coefficient (Wildman–Crippen LogP) is 6.26. The van der Waals surface area contributed by atoms with Crippen molar-refractivity contribution in [3.8, 4) is 0 Å². The van der Waals surface area contributed by atoms with Crippen molar-refractivity contribution in [3.63, 3.8) is 0 Å². The Bertz CT molecular complexity index is 1910. The van der Waals surface area contributed by atoms with E-state index >= 15 is 0 Å². The quantitative estimate of drug-likeness (QED) is 0.106. The maximum atomic E-state index is 13.4. The normalized spacial score (nSPS) is 49.3. The Hall–Kier alpha value is -1.94. The summed E-state index contributed by atoms with van der Waals surface area (Å²) in [6.07, 6.45) is 2.27. The first-order valence-corrected chi connectivity index (χ1v) is 26.5. The molecule has 4 saturated heterocycles. The number of hydrogen-bond donors (Lipinski definition) is 2. The van der Waals surface area contributed by atoms with Gasteiger partial charge >= 0.3 is 5.97 Å². The molecular formula is C54H86O17. The summed E-state index contributed by atoms with van der Waals surface area (Å²) in [5.41, 5.74) is -0.429. The summed E-state index contributed by atoms with van der Waals surface area (Å²) < 4.78 is 81.8. The number of Topliss-reactive ketones (excluding diaryl/α,β-unsaturated/α-hetero) is 1. The van der Waals surface area contributed by atoms with Gasteiger partial charge in [-0.15, -0.1) is 0 Å². The lowest BCUT2D eigenvalue weighted by atomic mass is 9.45. The number of ketones is 1. The number of ether oxygens (including phenoxy) is 13. The van der Waals surface area contributed by atoms with Gasteiger partial charge in [-0.05, 0) is 111 Å². The number of aliphatic hydroxyl groups is 2. The van der Waals surface area contributed by atoms with E-state index in [1.165, 1.54) is 5.57 Å². The molecule has 8 aliphatic rings. The van der Waals surface area contributed by atoms with E-state index in [0.717, 1.165) is 19.3 Å². The minimum Gasteiger partial charge on any atom is -0.458 e. The Morgan fingerprint density at radius 2 is 1.14 bits per heavy atom. The van der Waals surface area contributed by atoms with Crippen molar-refractivity contribution in [2.45, 2.75) is 249 Å². The average Bonchev–Trinajstić information content (AvgIpc) is 3.63. The average molecular weight is 1010 g/mol. The number of hydrogen-bond acceptors (Lipinski definition) is 17. The molecule has 4 heterocycles. The summed E-state index contributed by atoms with van der Waals surface area (Å²) in [5.74, 6) is -0.718. The van der Waals surface area contributed by atoms with Gasteiger partial charge in [-0.3, -0.25) is 4.79 Å². The number of rotatable bonds is 15. The summed E-state index contributed by atoms with van der Waals surface area (Å²) in [6.45, 7) is 17.1. The highest BCUT2D eigenvalue weighted by atomic mass is 16.8. The molecule has 0 amide bonds. The second-order valence-corrected chi connectivity index (χ2v) is 22.5. The van der Waals surface area contributed by atoms with Crippen molar-refractivity contribution in [1.82, 2.24) is 0 Å². The van der Waals surface area contributed by atoms with E-state index in [1.54, 1.807) is 55.3 Å². The van der Waals surface area contributed by atoms with Gasteiger partial charge in [0, 0.05) is 71.0 Å². The molecule has 17 heteroatoms. The van der Waals surface area contributed by atoms with Gasteiger partial charge < -0.3 is 71.8 Å². The van der Waals surface area contributed by atoms with Crippen LogP contribution in [0.5, 0.6) is 0 Å². The number of methoxy groups -OCH3 is 4. The van der Waals surface area contributed by atoms with Crippen LogP contribution in [0.2, 0.25) is 0 Å². The van der Waals surface area contributed by atoms with Gasteiger partial charge in [-0.1, -0.05) is 31.6 Å². The highest BCUT2D eigenvalue weighted by Gasteiger charge is 2.71. The molecule has 71 heavy (non-hydrogen) atoms. The molecule has 0 spiro atoms. The topological polar surface area (TPSA) is 195 Å². The second kappa shape index (κ2) is 22.3. The number of carbonyl (C=O) groups is 2. The number of allylic oxidation sites excluding steroid dienone is 2. The molecule has 0 bridgehead atoms. The van der Waals surface area contributed by atoms with E-state index < -0.39 is 91.1 Å². The van der Waals surface area contributed by atoms with Crippen LogP contribution < -0.4 is 0 Å². The smallest absolute Gasteiger partial charge is 0.333 e. The molecule has 7 fully saturated rings. The monoisotopic (exact) mass is 1010 g/mol. The standard InChI is InChI=1S/C54H86O17/c1-14-27(2)51(57)68-42-22-37-36(54(58)20-18-35(28(3)55)53(42,54)9)16-15-33-21-34(17-19-52(33,37)8)67-43-24-39(60-11)48(30(5)64-43)70-45-26-41(62-13)50(32(7)66-45)71-46-25-40(61-12)49(31(6)65-46)69-44-23-38(59-10)47(56)29(4)63-44/h14-15,29-32,34-50,56,58H,16-26H2,1-13H3/b27-14+/t29-,30-,31-,32-,34+,35-,36-,37+,38-,39+,40-,41+,42-,43+,44+,45+,46+,47-,48-,49-,50-,52+,53+,54+/m1/s1. The predicted molar refractivity (Wildman–Crippen MR) is 257 cm³/mol. The van der Waals surface area contributed by atoms with Crippen LogP contribution in [0.15, 0.2) is 23.3 Å². The van der Waals surface area contributed by atoms with Crippen LogP contribution in [0.25, 0.3) is 0 Å². The van der Waals surface area contributed by atoms with Crippen molar-refractivity contribution in [1.29, 1.82) is 0 Å². The Morgan fingerprint density at radius 1 is 0.662 bits per heavy atom. The van der Waals surface area contributed by atoms with Crippen LogP contribution in [0.1, 0.15) is 133 Å². The van der Waals surface area contributed by atoms with E-state index in [1.807, 2.05) is 34.6 Å². The summed E-state index contributed by atoms with van der Waals surface area (Å²) in [6, 6.07) is 0. The number of fused-ring (bicyclic) bond motifs is 5. The summed E-state index contributed by atoms with van der Waals surface area (Å²) in [5, 5.41) is 23.3. The van der Waals surface area contributed by atoms with E-state index in [9.17, 15) is 19.8 Å². The minimum atomic E-state index is -1.15. The third-order valence-electron chi connectivity index (χ3n) is 18.8. The molecule has 3 saturated carbocycles. The first kappa shape index (κ1) is 55.3. The van der Waals surface area contributed by atoms with Gasteiger partial charge in [0.1, 0.15) is 36.3 Å². The fourth-order valence-electron chi connectivity index (χ4n) is 14.4. The lowest BCUT2D eigenvalue weighted by Gasteiger charge is -2.63. The van der Waals surface area contributed by atoms with Gasteiger partial charge in [0.25, 0.3) is 0 Å². The summed E-state index contributed by atoms with van der Waals surface area (Å²) >= 11 is 0. The maximum absolute atomic E-state index is 13.4. The van der Waals surface area contributed by atoms with Crippen LogP contribution in [-0.2, 0) is 71.2 Å². The zero-order valence-electron chi connectivity index (χ0n) is 44.6. The zero-order valence-corrected chi connectivity index (χ0v) is 44.6. The van der Waals surface area contributed by atoms with Crippen LogP contribution >= 0.6 is 0 Å². The van der Waals surface area contributed by atoms with E-state index in [0.29, 0.717) is 56.9 Å². The van der Waals surface area contributed by atoms with Crippen molar-refractivity contribution < 1.29 is 81.4 Å². The lowest BCUT2D eigenvalue weighted by molar-refractivity contribution is -0.347. The molecule has 0 aromatic heterocycles. The minimum absolute atomic E-state index is 0.0422. The molecule has 404 valence electrons. The fourth-order valence-corrected chi connectivity index (χ4v) is 14.4. The first-order chi connectivity index (χ1) is 33.7. The van der Waals surface area contributed by atoms with Crippen molar-refractivity contribution in [3.05, 3.63) is 23.3 Å². The highest BCUT2D eigenvalue weighted by Crippen LogP contribution is 2.68. The number of esters is 1. The Labute approximate surface area is 421 Å². The van der Waals surface area contributed by atoms with Gasteiger partial charge in [-0.25, -0.2) is 4.79 Å². The molecule has 0 aromatic carbocycles. The third-order valence-corrected chi connectivity index (χ3v) is 18.8. The van der Waals surface area contributed by atoms with Gasteiger partial charge in [0.05, 0.1) is 60.5 Å². The van der Waals surface area contributed by atoms with Gasteiger partial charge in [0.15, 0.2) is 25.2 Å². The SMILES string of the molecule is C/C=C(\C)C(=O)O[C@@H]1C[C@H]2[C@@H](CC=C3C[C@@H](O[C@H]4C[C@H](OC)[C@H](O[C@H]5C[C@H](OC)[C@H](O[C@H]6C[C@@H](OC)[C@H](O[C@H]7C[C@@H](OC)[C@H](O)[C@@H](C)O7)[C@@H](C)O6)[C@@H](C)O5)[C@@H](C)O4)CC[C@@]32C)[C@@]2(O)CC[C@H](C(C)=O)[C@@]12C. The largest absolute Gasteiger partial charge is 0.458 e. The second-order valence-electron chi connectivity index (χ2n) is 22.5. The fraction of sp³-hybridized carbons (Fsp3) is 0.889. The summed E-state index contributed by atoms with van der Waals surface area (Å²) in [4.78, 5) is 26.5. The molecule has 0 radical (unpaired) electrons. The van der Waals surface area contributed by atoms with Crippen molar-refractivity contribution in [2.75, 3.05) is 28.4 Å². The van der Waals surface area contributed by atoms with Crippen LogP contribution in [0, 0.1) is 28.6 Å². The lowest BCUT2D eigenvalue weighted by Crippen LogP contribution is -2.66. The van der Waals surface area contributed by atoms with Crippen LogP contribution in [0.4, 0.5) is 0 Å². The Morgan fingerprint density at radius 3 is 1.62 bits per heavy atom. The molecule has 24 atom stereocenters. The molecule has 0 unspecified atom stereocenters. The van der Waals surface area contributed by atoms with Crippen molar-refractivity contribution >= 4 is 11.8 Å². The molecule has 4 aliphatic carbocycles. The first-order valence-electron chi connectivity index (χ1n) is 26.5. The van der Waals surface area contributed by atoms with Gasteiger partial charge in [-0.2, -0.15) is 0 Å². The molecule has 8 rings (SSSR count). The third kappa shape index (κ3) is 10.5. The molecular weight excluding hydrogens is 921 g/mol. The van der Waals surface area contributed by atoms with E-state index in [2.05, 4.69) is 13.0 Å². The molecule has 2 N–H and O–H groups in total. The molecule has 0 aromatic rings. The van der Waals surface area contributed by atoms with Gasteiger partial charge in [0.2, 0.25) is 0 Å². The van der Waals surface area contributed by atoms with Crippen LogP contribution in [0.3, 0.4) is 0 Å². The maximum Gasteiger partial charge on any atom is 0.333 e. The van der Waals surface area contributed by atoms with Crippen molar-refractivity contribution in [2.24, 2.45) is 28.6 Å². The van der Waals surface area contributed by atoms with Crippen LogP contribution in [-0.4, -0.2) is 167 Å². The Balaban J connectivity index is 0.855. The summed E-state index contributed by atoms with van der Waals surface area (Å²) in [7, 11) is 6.56. The highest BCUT2D eigenvalue weighted by molar-refractivity contribution is 5.88. The number of carbonyl (C=O) groups excluding carboxylic acids is 2. The Kier molecular flexibility index (Phi) is 17.4. The van der Waals surface area contributed by atoms with E-state index in [-0.39, 0.29) is 65.4 Å². The van der Waals surface area contributed by atoms with E-state index in [4.69, 9.17) is 61.6 Å². The molecule has 4 aliphatic heterocycles. The zero-order chi connectivity index (χ0) is 51.3.